The number of nitrogens with one attached hydrogen (secondary N) is 1. The van der Waals surface area contributed by atoms with E-state index in [-0.39, 0.29) is 11.9 Å². The Kier molecular flexibility index (Phi) is 6.93. The molecule has 1 aromatic rings. The van der Waals surface area contributed by atoms with E-state index in [9.17, 15) is 4.79 Å². The van der Waals surface area contributed by atoms with Crippen LogP contribution in [0.4, 0.5) is 0 Å². The van der Waals surface area contributed by atoms with Crippen LogP contribution < -0.4 is 5.32 Å². The second-order valence-electron chi connectivity index (χ2n) is 8.78. The number of amides is 1. The molecule has 0 spiro atoms. The Hall–Kier alpha value is -1.40. The number of carbonyl (C=O) groups is 1. The summed E-state index contributed by atoms with van der Waals surface area (Å²) in [5.41, 5.74) is 1.73. The number of piperidine rings is 2. The normalized spacial score (nSPS) is 23.1. The predicted octanol–water partition coefficient (Wildman–Crippen LogP) is 2.39. The van der Waals surface area contributed by atoms with Crippen LogP contribution in [-0.4, -0.2) is 70.8 Å². The first-order chi connectivity index (χ1) is 13.0. The molecule has 2 saturated heterocycles. The lowest BCUT2D eigenvalue weighted by Gasteiger charge is -2.41. The van der Waals surface area contributed by atoms with E-state index in [2.05, 4.69) is 41.1 Å². The van der Waals surface area contributed by atoms with E-state index in [0.29, 0.717) is 17.7 Å². The summed E-state index contributed by atoms with van der Waals surface area (Å²) < 4.78 is 1.85. The molecular formula is C21H37N5O. The van der Waals surface area contributed by atoms with Crippen LogP contribution in [0, 0.1) is 5.92 Å². The van der Waals surface area contributed by atoms with Gasteiger partial charge in [-0.3, -0.25) is 14.4 Å². The van der Waals surface area contributed by atoms with Crippen LogP contribution in [0.3, 0.4) is 0 Å². The molecule has 0 bridgehead atoms. The number of nitrogens with zero attached hydrogens (tertiary/aromatic N) is 4. The van der Waals surface area contributed by atoms with Crippen LogP contribution in [-0.2, 0) is 13.0 Å². The van der Waals surface area contributed by atoms with E-state index in [1.54, 1.807) is 0 Å². The minimum Gasteiger partial charge on any atom is -0.347 e. The summed E-state index contributed by atoms with van der Waals surface area (Å²) >= 11 is 0. The first-order valence-corrected chi connectivity index (χ1v) is 10.8. The predicted molar refractivity (Wildman–Crippen MR) is 109 cm³/mol. The Bertz CT molecular complexity index is 618. The number of aromatic nitrogens is 2. The van der Waals surface area contributed by atoms with Crippen LogP contribution in [0.1, 0.15) is 62.6 Å². The molecule has 0 aromatic carbocycles. The van der Waals surface area contributed by atoms with Crippen molar-refractivity contribution in [1.82, 2.24) is 24.9 Å². The minimum atomic E-state index is 0.0367. The van der Waals surface area contributed by atoms with Crippen molar-refractivity contribution in [2.45, 2.75) is 71.5 Å². The fourth-order valence-electron chi connectivity index (χ4n) is 4.49. The molecule has 0 radical (unpaired) electrons. The summed E-state index contributed by atoms with van der Waals surface area (Å²) in [6.45, 7) is 11.7. The summed E-state index contributed by atoms with van der Waals surface area (Å²) in [5, 5.41) is 7.92. The van der Waals surface area contributed by atoms with Crippen LogP contribution in [0.25, 0.3) is 0 Å². The van der Waals surface area contributed by atoms with Crippen LogP contribution in [0.5, 0.6) is 0 Å². The highest BCUT2D eigenvalue weighted by molar-refractivity contribution is 5.92. The van der Waals surface area contributed by atoms with Crippen LogP contribution in [0.15, 0.2) is 6.07 Å². The Balaban J connectivity index is 1.59. The highest BCUT2D eigenvalue weighted by Gasteiger charge is 2.29. The van der Waals surface area contributed by atoms with Gasteiger partial charge in [0.25, 0.3) is 5.91 Å². The average Bonchev–Trinajstić information content (AvgIpc) is 3.05. The summed E-state index contributed by atoms with van der Waals surface area (Å²) in [6, 6.07) is 2.91. The van der Waals surface area contributed by atoms with Gasteiger partial charge in [0.15, 0.2) is 0 Å². The zero-order valence-electron chi connectivity index (χ0n) is 17.6. The topological polar surface area (TPSA) is 53.4 Å². The maximum atomic E-state index is 12.9. The van der Waals surface area contributed by atoms with Gasteiger partial charge in [-0.1, -0.05) is 13.8 Å². The molecule has 0 aliphatic carbocycles. The first kappa shape index (κ1) is 20.3. The van der Waals surface area contributed by atoms with Crippen molar-refractivity contribution in [3.8, 4) is 0 Å². The first-order valence-electron chi connectivity index (χ1n) is 10.8. The number of hydrogen-bond acceptors (Lipinski definition) is 4. The average molecular weight is 376 g/mol. The zero-order chi connectivity index (χ0) is 19.4. The minimum absolute atomic E-state index is 0.0367. The number of carbonyl (C=O) groups excluding carboxylic acids is 1. The van der Waals surface area contributed by atoms with E-state index < -0.39 is 0 Å². The molecule has 152 valence electrons. The van der Waals surface area contributed by atoms with E-state index in [1.165, 1.54) is 38.9 Å². The molecule has 2 aliphatic heterocycles. The monoisotopic (exact) mass is 375 g/mol. The third-order valence-electron chi connectivity index (χ3n) is 5.97. The van der Waals surface area contributed by atoms with E-state index in [4.69, 9.17) is 0 Å². The molecule has 3 rings (SSSR count). The van der Waals surface area contributed by atoms with Crippen molar-refractivity contribution in [3.05, 3.63) is 17.5 Å². The molecular weight excluding hydrogens is 338 g/mol. The maximum absolute atomic E-state index is 12.9. The standard InChI is InChI=1S/C21H37N5O/c1-5-26-20(14-18(23-26)13-16(2)3)21(27)22-17-7-6-10-25(15-17)19-8-11-24(4)12-9-19/h14,16-17,19H,5-13,15H2,1-4H3,(H,22,27). The Morgan fingerprint density at radius 1 is 1.26 bits per heavy atom. The van der Waals surface area contributed by atoms with Crippen molar-refractivity contribution in [3.63, 3.8) is 0 Å². The fraction of sp³-hybridized carbons (Fsp3) is 0.810. The lowest BCUT2D eigenvalue weighted by molar-refractivity contribution is 0.0760. The van der Waals surface area contributed by atoms with Gasteiger partial charge < -0.3 is 10.2 Å². The molecule has 1 N–H and O–H groups in total. The highest BCUT2D eigenvalue weighted by atomic mass is 16.2. The molecule has 6 nitrogen and oxygen atoms in total. The van der Waals surface area contributed by atoms with Gasteiger partial charge in [0.2, 0.25) is 0 Å². The summed E-state index contributed by atoms with van der Waals surface area (Å²) in [7, 11) is 2.21. The molecule has 1 amide bonds. The largest absolute Gasteiger partial charge is 0.347 e. The third kappa shape index (κ3) is 5.32. The van der Waals surface area contributed by atoms with Crippen LogP contribution in [0.2, 0.25) is 0 Å². The Morgan fingerprint density at radius 3 is 2.67 bits per heavy atom. The lowest BCUT2D eigenvalue weighted by Crippen LogP contribution is -2.53. The quantitative estimate of drug-likeness (QED) is 0.829. The number of aryl methyl sites for hydroxylation is 1. The van der Waals surface area contributed by atoms with Gasteiger partial charge >= 0.3 is 0 Å². The maximum Gasteiger partial charge on any atom is 0.269 e. The SMILES string of the molecule is CCn1nc(CC(C)C)cc1C(=O)NC1CCCN(C2CCN(C)CC2)C1. The zero-order valence-corrected chi connectivity index (χ0v) is 17.6. The van der Waals surface area contributed by atoms with Crippen molar-refractivity contribution in [2.75, 3.05) is 33.2 Å². The lowest BCUT2D eigenvalue weighted by atomic mass is 9.98. The molecule has 2 aliphatic rings. The van der Waals surface area contributed by atoms with Gasteiger partial charge in [-0.25, -0.2) is 0 Å². The van der Waals surface area contributed by atoms with Crippen molar-refractivity contribution >= 4 is 5.91 Å². The summed E-state index contributed by atoms with van der Waals surface area (Å²) in [4.78, 5) is 18.0. The summed E-state index contributed by atoms with van der Waals surface area (Å²) in [6.07, 6.45) is 5.66. The van der Waals surface area contributed by atoms with Crippen molar-refractivity contribution in [1.29, 1.82) is 0 Å². The number of rotatable bonds is 6. The van der Waals surface area contributed by atoms with E-state index in [1.807, 2.05) is 17.7 Å². The molecule has 3 heterocycles. The molecule has 6 heteroatoms. The van der Waals surface area contributed by atoms with Gasteiger partial charge in [0, 0.05) is 25.2 Å². The van der Waals surface area contributed by atoms with Gasteiger partial charge in [-0.15, -0.1) is 0 Å². The van der Waals surface area contributed by atoms with Gasteiger partial charge in [0.05, 0.1) is 5.69 Å². The number of likely N-dealkylation sites (tertiary alicyclic amines) is 2. The van der Waals surface area contributed by atoms with E-state index >= 15 is 0 Å². The molecule has 27 heavy (non-hydrogen) atoms. The smallest absolute Gasteiger partial charge is 0.269 e. The fourth-order valence-corrected chi connectivity index (χ4v) is 4.49. The van der Waals surface area contributed by atoms with Gasteiger partial charge in [-0.05, 0) is 77.7 Å². The van der Waals surface area contributed by atoms with Crippen molar-refractivity contribution < 1.29 is 4.79 Å². The third-order valence-corrected chi connectivity index (χ3v) is 5.97. The second-order valence-corrected chi connectivity index (χ2v) is 8.78. The molecule has 1 atom stereocenters. The highest BCUT2D eigenvalue weighted by Crippen LogP contribution is 2.21. The van der Waals surface area contributed by atoms with Crippen LogP contribution >= 0.6 is 0 Å². The summed E-state index contributed by atoms with van der Waals surface area (Å²) in [5.74, 6) is 0.581. The van der Waals surface area contributed by atoms with E-state index in [0.717, 1.165) is 31.6 Å². The molecule has 1 aromatic heterocycles. The molecule has 1 unspecified atom stereocenters. The van der Waals surface area contributed by atoms with Gasteiger partial charge in [0.1, 0.15) is 5.69 Å². The van der Waals surface area contributed by atoms with Gasteiger partial charge in [-0.2, -0.15) is 5.10 Å². The Morgan fingerprint density at radius 2 is 2.00 bits per heavy atom. The number of hydrogen-bond donors (Lipinski definition) is 1. The second kappa shape index (κ2) is 9.20. The molecule has 2 fully saturated rings. The Labute approximate surface area is 164 Å². The molecule has 0 saturated carbocycles. The van der Waals surface area contributed by atoms with Crippen molar-refractivity contribution in [2.24, 2.45) is 5.92 Å².